The summed E-state index contributed by atoms with van der Waals surface area (Å²) in [6.45, 7) is 7.25. The van der Waals surface area contributed by atoms with E-state index < -0.39 is 5.91 Å². The highest BCUT2D eigenvalue weighted by molar-refractivity contribution is 5.91. The summed E-state index contributed by atoms with van der Waals surface area (Å²) < 4.78 is 2.24. The van der Waals surface area contributed by atoms with Gasteiger partial charge in [-0.2, -0.15) is 0 Å². The predicted octanol–water partition coefficient (Wildman–Crippen LogP) is 1.64. The molecule has 3 heterocycles. The number of anilines is 1. The third kappa shape index (κ3) is 2.81. The van der Waals surface area contributed by atoms with Crippen LogP contribution < -0.4 is 10.6 Å². The van der Waals surface area contributed by atoms with Gasteiger partial charge in [0.1, 0.15) is 11.5 Å². The first-order valence-corrected chi connectivity index (χ1v) is 7.56. The van der Waals surface area contributed by atoms with Crippen LogP contribution in [0.15, 0.2) is 30.7 Å². The van der Waals surface area contributed by atoms with Crippen LogP contribution in [-0.2, 0) is 6.54 Å². The van der Waals surface area contributed by atoms with Gasteiger partial charge in [0.2, 0.25) is 0 Å². The molecule has 0 spiro atoms. The van der Waals surface area contributed by atoms with Gasteiger partial charge < -0.3 is 15.2 Å². The van der Waals surface area contributed by atoms with E-state index >= 15 is 0 Å². The van der Waals surface area contributed by atoms with Crippen molar-refractivity contribution >= 4 is 11.6 Å². The van der Waals surface area contributed by atoms with E-state index in [9.17, 15) is 4.79 Å². The van der Waals surface area contributed by atoms with E-state index in [4.69, 9.17) is 5.73 Å². The monoisotopic (exact) mass is 299 g/mol. The molecule has 2 aromatic rings. The van der Waals surface area contributed by atoms with Crippen LogP contribution in [0.4, 0.5) is 5.69 Å². The number of imidazole rings is 1. The van der Waals surface area contributed by atoms with Crippen LogP contribution in [0, 0.1) is 5.92 Å². The van der Waals surface area contributed by atoms with Crippen molar-refractivity contribution in [2.24, 2.45) is 11.7 Å². The number of nitrogens with two attached hydrogens (primary N) is 1. The van der Waals surface area contributed by atoms with Gasteiger partial charge in [-0.05, 0) is 12.1 Å². The predicted molar refractivity (Wildman–Crippen MR) is 84.8 cm³/mol. The highest BCUT2D eigenvalue weighted by Crippen LogP contribution is 2.26. The van der Waals surface area contributed by atoms with Crippen molar-refractivity contribution in [2.45, 2.75) is 26.3 Å². The van der Waals surface area contributed by atoms with E-state index in [1.54, 1.807) is 12.3 Å². The summed E-state index contributed by atoms with van der Waals surface area (Å²) in [7, 11) is 0. The number of hydrogen-bond acceptors (Lipinski definition) is 4. The Kier molecular flexibility index (Phi) is 3.83. The molecule has 0 aliphatic carbocycles. The topological polar surface area (TPSA) is 77.0 Å². The van der Waals surface area contributed by atoms with Gasteiger partial charge in [-0.15, -0.1) is 0 Å². The minimum absolute atomic E-state index is 0.317. The Morgan fingerprint density at radius 3 is 2.82 bits per heavy atom. The Bertz CT molecular complexity index is 673. The van der Waals surface area contributed by atoms with Gasteiger partial charge in [0.25, 0.3) is 5.91 Å². The highest BCUT2D eigenvalue weighted by atomic mass is 16.1. The molecule has 2 N–H and O–H groups in total. The lowest BCUT2D eigenvalue weighted by molar-refractivity contribution is 0.0995. The number of nitrogens with zero attached hydrogens (tertiary/aromatic N) is 4. The van der Waals surface area contributed by atoms with Crippen LogP contribution in [0.25, 0.3) is 0 Å². The molecule has 0 bridgehead atoms. The largest absolute Gasteiger partial charge is 0.371 e. The van der Waals surface area contributed by atoms with Crippen LogP contribution in [-0.4, -0.2) is 33.5 Å². The van der Waals surface area contributed by atoms with Crippen LogP contribution >= 0.6 is 0 Å². The molecule has 2 aromatic heterocycles. The normalized spacial score (nSPS) is 15.1. The molecule has 0 unspecified atom stereocenters. The molecule has 1 aliphatic rings. The maximum Gasteiger partial charge on any atom is 0.267 e. The van der Waals surface area contributed by atoms with E-state index in [-0.39, 0.29) is 0 Å². The number of carbonyl (C=O) groups is 1. The number of primary amides is 1. The molecule has 116 valence electrons. The Hall–Kier alpha value is -2.37. The van der Waals surface area contributed by atoms with Gasteiger partial charge in [0.15, 0.2) is 0 Å². The average Bonchev–Trinajstić information content (AvgIpc) is 2.90. The van der Waals surface area contributed by atoms with Crippen LogP contribution in [0.5, 0.6) is 0 Å². The van der Waals surface area contributed by atoms with Crippen LogP contribution in [0.2, 0.25) is 0 Å². The molecule has 0 aromatic carbocycles. The van der Waals surface area contributed by atoms with Crippen molar-refractivity contribution in [3.05, 3.63) is 42.2 Å². The lowest BCUT2D eigenvalue weighted by Gasteiger charge is -2.41. The average molecular weight is 299 g/mol. The molecule has 0 atom stereocenters. The third-order valence-electron chi connectivity index (χ3n) is 4.04. The third-order valence-corrected chi connectivity index (χ3v) is 4.04. The molecule has 22 heavy (non-hydrogen) atoms. The van der Waals surface area contributed by atoms with E-state index in [0.717, 1.165) is 31.1 Å². The molecular formula is C16H21N5O. The van der Waals surface area contributed by atoms with Gasteiger partial charge in [0, 0.05) is 55.7 Å². The standard InChI is InChI=1S/C16H21N5O/c1-11(2)16-19-5-6-20(16)8-12-9-21(10-12)13-3-4-18-14(7-13)15(17)22/h3-7,11-12H,8-10H2,1-2H3,(H2,17,22). The van der Waals surface area contributed by atoms with Gasteiger partial charge in [-0.25, -0.2) is 4.98 Å². The summed E-state index contributed by atoms with van der Waals surface area (Å²) in [6.07, 6.45) is 5.55. The lowest BCUT2D eigenvalue weighted by atomic mass is 9.98. The van der Waals surface area contributed by atoms with Gasteiger partial charge in [0.05, 0.1) is 0 Å². The first kappa shape index (κ1) is 14.6. The molecule has 1 saturated heterocycles. The Balaban J connectivity index is 1.61. The van der Waals surface area contributed by atoms with Crippen molar-refractivity contribution in [1.82, 2.24) is 14.5 Å². The maximum absolute atomic E-state index is 11.2. The lowest BCUT2D eigenvalue weighted by Crippen LogP contribution is -2.48. The number of pyridine rings is 1. The molecule has 0 saturated carbocycles. The molecular weight excluding hydrogens is 278 g/mol. The molecule has 3 rings (SSSR count). The van der Waals surface area contributed by atoms with Crippen molar-refractivity contribution in [3.63, 3.8) is 0 Å². The fraction of sp³-hybridized carbons (Fsp3) is 0.438. The number of hydrogen-bond donors (Lipinski definition) is 1. The van der Waals surface area contributed by atoms with Crippen molar-refractivity contribution in [1.29, 1.82) is 0 Å². The van der Waals surface area contributed by atoms with Crippen LogP contribution in [0.1, 0.15) is 36.1 Å². The van der Waals surface area contributed by atoms with Gasteiger partial charge in [-0.3, -0.25) is 9.78 Å². The first-order valence-electron chi connectivity index (χ1n) is 7.56. The molecule has 1 amide bonds. The Labute approximate surface area is 130 Å². The summed E-state index contributed by atoms with van der Waals surface area (Å²) in [4.78, 5) is 21.8. The fourth-order valence-corrected chi connectivity index (χ4v) is 2.90. The molecule has 1 aliphatic heterocycles. The fourth-order valence-electron chi connectivity index (χ4n) is 2.90. The second-order valence-electron chi connectivity index (χ2n) is 6.13. The SMILES string of the molecule is CC(C)c1nccn1CC1CN(c2ccnc(C(N)=O)c2)C1. The number of amides is 1. The zero-order chi connectivity index (χ0) is 15.7. The second-order valence-corrected chi connectivity index (χ2v) is 6.13. The number of aromatic nitrogens is 3. The van der Waals surface area contributed by atoms with Gasteiger partial charge >= 0.3 is 0 Å². The van der Waals surface area contributed by atoms with E-state index in [1.807, 2.05) is 12.3 Å². The summed E-state index contributed by atoms with van der Waals surface area (Å²) in [5, 5.41) is 0. The van der Waals surface area contributed by atoms with Gasteiger partial charge in [-0.1, -0.05) is 13.8 Å². The highest BCUT2D eigenvalue weighted by Gasteiger charge is 2.28. The minimum Gasteiger partial charge on any atom is -0.371 e. The zero-order valence-corrected chi connectivity index (χ0v) is 12.9. The van der Waals surface area contributed by atoms with E-state index in [1.165, 1.54) is 0 Å². The second kappa shape index (κ2) is 5.79. The van der Waals surface area contributed by atoms with Crippen LogP contribution in [0.3, 0.4) is 0 Å². The molecule has 1 fully saturated rings. The quantitative estimate of drug-likeness (QED) is 0.910. The summed E-state index contributed by atoms with van der Waals surface area (Å²) in [5.41, 5.74) is 6.60. The van der Waals surface area contributed by atoms with Crippen molar-refractivity contribution < 1.29 is 4.79 Å². The van der Waals surface area contributed by atoms with E-state index in [0.29, 0.717) is 17.5 Å². The zero-order valence-electron chi connectivity index (χ0n) is 12.9. The maximum atomic E-state index is 11.2. The smallest absolute Gasteiger partial charge is 0.267 e. The Morgan fingerprint density at radius 1 is 1.36 bits per heavy atom. The summed E-state index contributed by atoms with van der Waals surface area (Å²) >= 11 is 0. The molecule has 6 heteroatoms. The summed E-state index contributed by atoms with van der Waals surface area (Å²) in [5.74, 6) is 1.68. The minimum atomic E-state index is -0.487. The summed E-state index contributed by atoms with van der Waals surface area (Å²) in [6, 6.07) is 3.68. The molecule has 6 nitrogen and oxygen atoms in total. The first-order chi connectivity index (χ1) is 10.5. The Morgan fingerprint density at radius 2 is 2.14 bits per heavy atom. The molecule has 0 radical (unpaired) electrons. The van der Waals surface area contributed by atoms with E-state index in [2.05, 4.69) is 39.5 Å². The number of rotatable bonds is 5. The van der Waals surface area contributed by atoms with Crippen molar-refractivity contribution in [2.75, 3.05) is 18.0 Å². The number of carbonyl (C=O) groups excluding carboxylic acids is 1. The van der Waals surface area contributed by atoms with Crippen molar-refractivity contribution in [3.8, 4) is 0 Å².